The van der Waals surface area contributed by atoms with Gasteiger partial charge in [0, 0.05) is 17.4 Å². The van der Waals surface area contributed by atoms with E-state index in [0.717, 1.165) is 6.07 Å². The summed E-state index contributed by atoms with van der Waals surface area (Å²) in [6, 6.07) is 4.27. The van der Waals surface area contributed by atoms with Crippen molar-refractivity contribution < 1.29 is 18.3 Å². The predicted octanol–water partition coefficient (Wildman–Crippen LogP) is 1.65. The zero-order valence-electron chi connectivity index (χ0n) is 9.97. The van der Waals surface area contributed by atoms with E-state index in [9.17, 15) is 13.2 Å². The molecule has 0 aromatic heterocycles. The maximum Gasteiger partial charge on any atom is 0.335 e. The summed E-state index contributed by atoms with van der Waals surface area (Å²) in [4.78, 5) is 10.8. The Morgan fingerprint density at radius 1 is 1.53 bits per heavy atom. The van der Waals surface area contributed by atoms with Gasteiger partial charge in [-0.3, -0.25) is 0 Å². The molecule has 0 unspecified atom stereocenters. The third kappa shape index (κ3) is 3.76. The van der Waals surface area contributed by atoms with Crippen molar-refractivity contribution in [1.29, 1.82) is 5.26 Å². The Morgan fingerprint density at radius 2 is 2.16 bits per heavy atom. The zero-order valence-corrected chi connectivity index (χ0v) is 12.4. The molecule has 0 aliphatic heterocycles. The van der Waals surface area contributed by atoms with Crippen LogP contribution in [-0.4, -0.2) is 26.0 Å². The molecule has 2 N–H and O–H groups in total. The molecule has 1 aromatic carbocycles. The van der Waals surface area contributed by atoms with Crippen LogP contribution in [-0.2, 0) is 10.0 Å². The topological polar surface area (TPSA) is 107 Å². The van der Waals surface area contributed by atoms with Gasteiger partial charge in [0.1, 0.15) is 0 Å². The van der Waals surface area contributed by atoms with E-state index in [4.69, 9.17) is 10.4 Å². The van der Waals surface area contributed by atoms with Crippen molar-refractivity contribution in [3.8, 4) is 6.07 Å². The molecule has 1 rings (SSSR count). The van der Waals surface area contributed by atoms with Crippen LogP contribution in [0, 0.1) is 18.3 Å². The van der Waals surface area contributed by atoms with Crippen LogP contribution in [0.25, 0.3) is 0 Å². The second-order valence-electron chi connectivity index (χ2n) is 3.72. The molecule has 6 nitrogen and oxygen atoms in total. The summed E-state index contributed by atoms with van der Waals surface area (Å²) in [5.41, 5.74) is 0.391. The van der Waals surface area contributed by atoms with Crippen molar-refractivity contribution in [2.75, 3.05) is 6.54 Å². The highest BCUT2D eigenvalue weighted by Crippen LogP contribution is 2.27. The highest BCUT2D eigenvalue weighted by Gasteiger charge is 2.21. The van der Waals surface area contributed by atoms with Crippen LogP contribution in [0.3, 0.4) is 0 Å². The number of carboxylic acid groups (broad SMARTS) is 1. The molecule has 0 atom stereocenters. The lowest BCUT2D eigenvalue weighted by molar-refractivity contribution is 0.0696. The number of nitrogens with one attached hydrogen (secondary N) is 1. The Morgan fingerprint density at radius 3 is 2.68 bits per heavy atom. The molecule has 0 fully saturated rings. The second kappa shape index (κ2) is 6.14. The van der Waals surface area contributed by atoms with E-state index in [0.29, 0.717) is 10.0 Å². The summed E-state index contributed by atoms with van der Waals surface area (Å²) in [6.07, 6.45) is 0.0362. The molecule has 19 heavy (non-hydrogen) atoms. The summed E-state index contributed by atoms with van der Waals surface area (Å²) in [5.74, 6) is -1.20. The number of nitriles is 1. The SMILES string of the molecule is Cc1cc(C(=O)O)cc(S(=O)(=O)NCCC#N)c1Br. The third-order valence-electron chi connectivity index (χ3n) is 2.29. The van der Waals surface area contributed by atoms with E-state index in [1.54, 1.807) is 6.92 Å². The van der Waals surface area contributed by atoms with Crippen molar-refractivity contribution in [3.05, 3.63) is 27.7 Å². The highest BCUT2D eigenvalue weighted by atomic mass is 79.9. The molecule has 0 saturated heterocycles. The summed E-state index contributed by atoms with van der Waals surface area (Å²) in [6.45, 7) is 1.58. The number of halogens is 1. The molecule has 8 heteroatoms. The smallest absolute Gasteiger partial charge is 0.335 e. The minimum atomic E-state index is -3.85. The molecule has 0 bridgehead atoms. The van der Waals surface area contributed by atoms with Crippen LogP contribution in [0.2, 0.25) is 0 Å². The molecule has 0 saturated carbocycles. The molecule has 0 spiro atoms. The van der Waals surface area contributed by atoms with Crippen LogP contribution in [0.15, 0.2) is 21.5 Å². The van der Waals surface area contributed by atoms with Gasteiger partial charge in [-0.1, -0.05) is 0 Å². The molecular formula is C11H11BrN2O4S. The van der Waals surface area contributed by atoms with Crippen LogP contribution >= 0.6 is 15.9 Å². The quantitative estimate of drug-likeness (QED) is 0.788. The van der Waals surface area contributed by atoms with E-state index in [1.807, 2.05) is 6.07 Å². The summed E-state index contributed by atoms with van der Waals surface area (Å²) in [5, 5.41) is 17.3. The third-order valence-corrected chi connectivity index (χ3v) is 5.09. The first kappa shape index (κ1) is 15.6. The number of aryl methyl sites for hydroxylation is 1. The standard InChI is InChI=1S/C11H11BrN2O4S/c1-7-5-8(11(15)16)6-9(10(7)12)19(17,18)14-4-2-3-13/h5-6,14H,2,4H2,1H3,(H,15,16). The molecule has 0 aliphatic rings. The summed E-state index contributed by atoms with van der Waals surface area (Å²) in [7, 11) is -3.85. The molecule has 0 aliphatic carbocycles. The van der Waals surface area contributed by atoms with Gasteiger partial charge in [0.2, 0.25) is 10.0 Å². The number of hydrogen-bond acceptors (Lipinski definition) is 4. The van der Waals surface area contributed by atoms with Gasteiger partial charge in [-0.2, -0.15) is 5.26 Å². The van der Waals surface area contributed by atoms with Gasteiger partial charge in [0.05, 0.1) is 16.5 Å². The normalized spacial score (nSPS) is 11.0. The number of sulfonamides is 1. The van der Waals surface area contributed by atoms with Gasteiger partial charge in [-0.25, -0.2) is 17.9 Å². The number of nitrogens with zero attached hydrogens (tertiary/aromatic N) is 1. The van der Waals surface area contributed by atoms with E-state index >= 15 is 0 Å². The van der Waals surface area contributed by atoms with Gasteiger partial charge in [-0.05, 0) is 40.5 Å². The summed E-state index contributed by atoms with van der Waals surface area (Å²) >= 11 is 3.13. The first-order valence-electron chi connectivity index (χ1n) is 5.19. The maximum absolute atomic E-state index is 12.0. The predicted molar refractivity (Wildman–Crippen MR) is 71.3 cm³/mol. The van der Waals surface area contributed by atoms with Gasteiger partial charge < -0.3 is 5.11 Å². The van der Waals surface area contributed by atoms with Crippen LogP contribution < -0.4 is 4.72 Å². The highest BCUT2D eigenvalue weighted by molar-refractivity contribution is 9.10. The van der Waals surface area contributed by atoms with E-state index in [-0.39, 0.29) is 23.4 Å². The second-order valence-corrected chi connectivity index (χ2v) is 6.24. The van der Waals surface area contributed by atoms with E-state index < -0.39 is 16.0 Å². The van der Waals surface area contributed by atoms with Gasteiger partial charge in [-0.15, -0.1) is 0 Å². The summed E-state index contributed by atoms with van der Waals surface area (Å²) < 4.78 is 26.6. The Bertz CT molecular complexity index is 649. The minimum absolute atomic E-state index is 0.0262. The molecule has 1 aromatic rings. The number of rotatable bonds is 5. The largest absolute Gasteiger partial charge is 0.478 e. The average Bonchev–Trinajstić information content (AvgIpc) is 2.32. The fraction of sp³-hybridized carbons (Fsp3) is 0.273. The Labute approximate surface area is 119 Å². The Kier molecular flexibility index (Phi) is 5.05. The lowest BCUT2D eigenvalue weighted by Gasteiger charge is -2.10. The van der Waals surface area contributed by atoms with Gasteiger partial charge in [0.15, 0.2) is 0 Å². The number of carboxylic acids is 1. The van der Waals surface area contributed by atoms with Crippen molar-refractivity contribution in [1.82, 2.24) is 4.72 Å². The Balaban J connectivity index is 3.26. The molecule has 0 amide bonds. The lowest BCUT2D eigenvalue weighted by atomic mass is 10.1. The number of carbonyl (C=O) groups is 1. The number of aromatic carboxylic acids is 1. The monoisotopic (exact) mass is 346 g/mol. The van der Waals surface area contributed by atoms with Gasteiger partial charge >= 0.3 is 5.97 Å². The van der Waals surface area contributed by atoms with E-state index in [1.165, 1.54) is 6.07 Å². The van der Waals surface area contributed by atoms with Crippen molar-refractivity contribution in [2.45, 2.75) is 18.2 Å². The fourth-order valence-corrected chi connectivity index (χ4v) is 3.45. The van der Waals surface area contributed by atoms with Crippen molar-refractivity contribution in [3.63, 3.8) is 0 Å². The Hall–Kier alpha value is -1.43. The van der Waals surface area contributed by atoms with E-state index in [2.05, 4.69) is 20.7 Å². The molecule has 102 valence electrons. The minimum Gasteiger partial charge on any atom is -0.478 e. The molecule has 0 heterocycles. The van der Waals surface area contributed by atoms with Crippen LogP contribution in [0.5, 0.6) is 0 Å². The maximum atomic E-state index is 12.0. The van der Waals surface area contributed by atoms with Gasteiger partial charge in [0.25, 0.3) is 0 Å². The molecule has 0 radical (unpaired) electrons. The van der Waals surface area contributed by atoms with Crippen LogP contribution in [0.1, 0.15) is 22.3 Å². The number of hydrogen-bond donors (Lipinski definition) is 2. The first-order valence-corrected chi connectivity index (χ1v) is 7.47. The molecular weight excluding hydrogens is 336 g/mol. The lowest BCUT2D eigenvalue weighted by Crippen LogP contribution is -2.25. The average molecular weight is 347 g/mol. The zero-order chi connectivity index (χ0) is 14.6. The first-order chi connectivity index (χ1) is 8.79. The number of benzene rings is 1. The van der Waals surface area contributed by atoms with Crippen molar-refractivity contribution in [2.24, 2.45) is 0 Å². The van der Waals surface area contributed by atoms with Crippen LogP contribution in [0.4, 0.5) is 0 Å². The van der Waals surface area contributed by atoms with Crippen molar-refractivity contribution >= 4 is 31.9 Å². The fourth-order valence-electron chi connectivity index (χ4n) is 1.38.